The molecule has 184 valence electrons. The Bertz CT molecular complexity index is 1240. The second-order valence-corrected chi connectivity index (χ2v) is 8.75. The molecule has 0 unspecified atom stereocenters. The van der Waals surface area contributed by atoms with Crippen LogP contribution in [0.25, 0.3) is 11.3 Å². The van der Waals surface area contributed by atoms with E-state index in [4.69, 9.17) is 39.4 Å². The summed E-state index contributed by atoms with van der Waals surface area (Å²) in [4.78, 5) is 25.8. The van der Waals surface area contributed by atoms with Crippen molar-refractivity contribution in [3.63, 3.8) is 0 Å². The van der Waals surface area contributed by atoms with Crippen LogP contribution < -0.4 is 16.8 Å². The molecule has 1 aromatic carbocycles. The molecular weight excluding hydrogens is 495 g/mol. The molecule has 2 aromatic heterocycles. The van der Waals surface area contributed by atoms with Crippen molar-refractivity contribution in [1.82, 2.24) is 19.9 Å². The number of hydrogen-bond donors (Lipinski definition) is 3. The zero-order valence-corrected chi connectivity index (χ0v) is 20.2. The first-order valence-electron chi connectivity index (χ1n) is 10.9. The van der Waals surface area contributed by atoms with Gasteiger partial charge in [-0.15, -0.1) is 0 Å². The Morgan fingerprint density at radius 2 is 1.89 bits per heavy atom. The van der Waals surface area contributed by atoms with Gasteiger partial charge >= 0.3 is 5.69 Å². The number of halogens is 2. The number of nitrogens with two attached hydrogens (primary N) is 2. The molecule has 0 radical (unpaired) electrons. The van der Waals surface area contributed by atoms with Crippen molar-refractivity contribution in [3.05, 3.63) is 61.7 Å². The Kier molecular flexibility index (Phi) is 7.81. The van der Waals surface area contributed by atoms with E-state index in [1.165, 1.54) is 12.1 Å². The van der Waals surface area contributed by atoms with E-state index in [1.54, 1.807) is 12.1 Å². The standard InChI is InChI=1S/C22H24Cl2N8O3/c23-13-1-2-14(16(24)11-13)20-15(12-31-7-9-35-10-8-31)17(28-22(26)30-20)5-6-27-19-4-3-18(32(33)34)21(25)29-19/h1-4,11H,5-10,12H2,(H3,25,27,29)(H2,26,28,30). The smallest absolute Gasteiger partial charge is 0.311 e. The molecule has 1 fully saturated rings. The molecule has 0 aliphatic carbocycles. The number of hydrogen-bond acceptors (Lipinski definition) is 10. The van der Waals surface area contributed by atoms with Gasteiger partial charge in [0.15, 0.2) is 0 Å². The van der Waals surface area contributed by atoms with Gasteiger partial charge in [-0.1, -0.05) is 23.2 Å². The maximum absolute atomic E-state index is 11.0. The summed E-state index contributed by atoms with van der Waals surface area (Å²) in [6.45, 7) is 3.89. The molecule has 4 rings (SSSR count). The molecule has 11 nitrogen and oxygen atoms in total. The topological polar surface area (TPSA) is 158 Å². The summed E-state index contributed by atoms with van der Waals surface area (Å²) in [5, 5.41) is 15.1. The number of nitrogen functional groups attached to an aromatic ring is 2. The van der Waals surface area contributed by atoms with Crippen molar-refractivity contribution >= 4 is 46.5 Å². The molecule has 3 heterocycles. The maximum atomic E-state index is 11.0. The molecule has 13 heteroatoms. The minimum atomic E-state index is -0.572. The summed E-state index contributed by atoms with van der Waals surface area (Å²) >= 11 is 12.6. The number of pyridine rings is 1. The molecule has 3 aromatic rings. The van der Waals surface area contributed by atoms with Gasteiger partial charge in [-0.25, -0.2) is 15.0 Å². The summed E-state index contributed by atoms with van der Waals surface area (Å²) in [5.74, 6) is 0.397. The molecule has 0 amide bonds. The Morgan fingerprint density at radius 3 is 2.57 bits per heavy atom. The lowest BCUT2D eigenvalue weighted by atomic mass is 10.0. The quantitative estimate of drug-likeness (QED) is 0.297. The van der Waals surface area contributed by atoms with Crippen LogP contribution >= 0.6 is 23.2 Å². The van der Waals surface area contributed by atoms with E-state index in [2.05, 4.69) is 25.2 Å². The molecular formula is C22H24Cl2N8O3. The molecule has 1 aliphatic rings. The van der Waals surface area contributed by atoms with Gasteiger partial charge in [-0.05, 0) is 24.3 Å². The fourth-order valence-electron chi connectivity index (χ4n) is 3.84. The summed E-state index contributed by atoms with van der Waals surface area (Å²) < 4.78 is 5.48. The first-order valence-corrected chi connectivity index (χ1v) is 11.6. The Labute approximate surface area is 211 Å². The van der Waals surface area contributed by atoms with E-state index in [-0.39, 0.29) is 17.5 Å². The number of aromatic nitrogens is 3. The lowest BCUT2D eigenvalue weighted by molar-refractivity contribution is -0.384. The minimum absolute atomic E-state index is 0.129. The Morgan fingerprint density at radius 1 is 1.11 bits per heavy atom. The summed E-state index contributed by atoms with van der Waals surface area (Å²) in [5.41, 5.74) is 14.6. The molecule has 1 aliphatic heterocycles. The van der Waals surface area contributed by atoms with E-state index in [0.29, 0.717) is 59.8 Å². The van der Waals surface area contributed by atoms with Gasteiger partial charge in [0.1, 0.15) is 5.82 Å². The number of anilines is 3. The number of morpholine rings is 1. The Hall–Kier alpha value is -3.25. The molecule has 0 saturated carbocycles. The van der Waals surface area contributed by atoms with Crippen LogP contribution in [0.5, 0.6) is 0 Å². The average molecular weight is 519 g/mol. The van der Waals surface area contributed by atoms with Crippen molar-refractivity contribution in [1.29, 1.82) is 0 Å². The number of nitro groups is 1. The summed E-state index contributed by atoms with van der Waals surface area (Å²) in [7, 11) is 0. The normalized spacial score (nSPS) is 14.1. The van der Waals surface area contributed by atoms with E-state index in [9.17, 15) is 10.1 Å². The summed E-state index contributed by atoms with van der Waals surface area (Å²) in [6, 6.07) is 8.07. The van der Waals surface area contributed by atoms with Gasteiger partial charge in [0.05, 0.1) is 34.5 Å². The van der Waals surface area contributed by atoms with Gasteiger partial charge < -0.3 is 21.5 Å². The third kappa shape index (κ3) is 6.06. The van der Waals surface area contributed by atoms with Crippen molar-refractivity contribution in [3.8, 4) is 11.3 Å². The second kappa shape index (κ2) is 11.0. The van der Waals surface area contributed by atoms with Crippen LogP contribution in [0.4, 0.5) is 23.3 Å². The van der Waals surface area contributed by atoms with Crippen LogP contribution in [-0.4, -0.2) is 57.6 Å². The van der Waals surface area contributed by atoms with E-state index in [1.807, 2.05) is 6.07 Å². The largest absolute Gasteiger partial charge is 0.379 e. The SMILES string of the molecule is Nc1nc(CCNc2ccc([N+](=O)[O-])c(N)n2)c(CN2CCOCC2)c(-c2ccc(Cl)cc2Cl)n1. The molecule has 5 N–H and O–H groups in total. The zero-order valence-electron chi connectivity index (χ0n) is 18.7. The number of nitrogens with zero attached hydrogens (tertiary/aromatic N) is 5. The fourth-order valence-corrected chi connectivity index (χ4v) is 4.34. The van der Waals surface area contributed by atoms with Crippen molar-refractivity contribution in [2.24, 2.45) is 0 Å². The maximum Gasteiger partial charge on any atom is 0.311 e. The van der Waals surface area contributed by atoms with Crippen LogP contribution in [0.15, 0.2) is 30.3 Å². The number of nitrogens with one attached hydrogen (secondary N) is 1. The highest BCUT2D eigenvalue weighted by Gasteiger charge is 2.21. The third-order valence-corrected chi connectivity index (χ3v) is 6.10. The second-order valence-electron chi connectivity index (χ2n) is 7.90. The number of ether oxygens (including phenoxy) is 1. The summed E-state index contributed by atoms with van der Waals surface area (Å²) in [6.07, 6.45) is 0.489. The highest BCUT2D eigenvalue weighted by Crippen LogP contribution is 2.33. The van der Waals surface area contributed by atoms with Gasteiger partial charge in [-0.2, -0.15) is 0 Å². The predicted octanol–water partition coefficient (Wildman–Crippen LogP) is 3.40. The first kappa shape index (κ1) is 24.9. The van der Waals surface area contributed by atoms with Gasteiger partial charge in [0.2, 0.25) is 11.8 Å². The van der Waals surface area contributed by atoms with Crippen molar-refractivity contribution < 1.29 is 9.66 Å². The molecule has 0 atom stereocenters. The highest BCUT2D eigenvalue weighted by molar-refractivity contribution is 6.36. The molecule has 1 saturated heterocycles. The van der Waals surface area contributed by atoms with Crippen LogP contribution in [0, 0.1) is 10.1 Å². The minimum Gasteiger partial charge on any atom is -0.379 e. The van der Waals surface area contributed by atoms with Crippen LogP contribution in [0.3, 0.4) is 0 Å². The first-order chi connectivity index (χ1) is 16.8. The van der Waals surface area contributed by atoms with Crippen LogP contribution in [0.2, 0.25) is 10.0 Å². The van der Waals surface area contributed by atoms with Crippen molar-refractivity contribution in [2.75, 3.05) is 49.6 Å². The van der Waals surface area contributed by atoms with Gasteiger partial charge in [0, 0.05) is 54.8 Å². The monoisotopic (exact) mass is 518 g/mol. The molecule has 35 heavy (non-hydrogen) atoms. The van der Waals surface area contributed by atoms with Crippen molar-refractivity contribution in [2.45, 2.75) is 13.0 Å². The highest BCUT2D eigenvalue weighted by atomic mass is 35.5. The van der Waals surface area contributed by atoms with E-state index >= 15 is 0 Å². The van der Waals surface area contributed by atoms with Gasteiger partial charge in [0.25, 0.3) is 0 Å². The lowest BCUT2D eigenvalue weighted by Crippen LogP contribution is -2.36. The third-order valence-electron chi connectivity index (χ3n) is 5.55. The van der Waals surface area contributed by atoms with E-state index < -0.39 is 4.92 Å². The zero-order chi connectivity index (χ0) is 24.9. The molecule has 0 spiro atoms. The predicted molar refractivity (Wildman–Crippen MR) is 135 cm³/mol. The lowest BCUT2D eigenvalue weighted by Gasteiger charge is -2.28. The fraction of sp³-hybridized carbons (Fsp3) is 0.318. The van der Waals surface area contributed by atoms with Gasteiger partial charge in [-0.3, -0.25) is 15.0 Å². The Balaban J connectivity index is 1.62. The van der Waals surface area contributed by atoms with Crippen LogP contribution in [0.1, 0.15) is 11.3 Å². The van der Waals surface area contributed by atoms with Crippen LogP contribution in [-0.2, 0) is 17.7 Å². The average Bonchev–Trinajstić information content (AvgIpc) is 2.81. The van der Waals surface area contributed by atoms with E-state index in [0.717, 1.165) is 24.3 Å². The molecule has 0 bridgehead atoms. The number of benzene rings is 1. The number of rotatable bonds is 8.